The summed E-state index contributed by atoms with van der Waals surface area (Å²) in [4.78, 5) is 25.2. The van der Waals surface area contributed by atoms with E-state index in [2.05, 4.69) is 0 Å². The number of phenolic OH excluding ortho intramolecular Hbond substituents is 1. The molecular weight excluding hydrogens is 441 g/mol. The Labute approximate surface area is 189 Å². The van der Waals surface area contributed by atoms with Crippen LogP contribution >= 0.6 is 23.2 Å². The van der Waals surface area contributed by atoms with Crippen molar-refractivity contribution in [2.24, 2.45) is 5.73 Å². The fourth-order valence-electron chi connectivity index (χ4n) is 3.01. The second-order valence-corrected chi connectivity index (χ2v) is 7.68. The molecule has 0 saturated carbocycles. The first-order valence-corrected chi connectivity index (χ1v) is 10.0. The quantitative estimate of drug-likeness (QED) is 0.314. The topological polar surface area (TPSA) is 128 Å². The predicted octanol–water partition coefficient (Wildman–Crippen LogP) is 3.61. The molecule has 0 spiro atoms. The number of hydrogen-bond donors (Lipinski definition) is 3. The number of halogens is 2. The van der Waals surface area contributed by atoms with Gasteiger partial charge in [-0.15, -0.1) is 0 Å². The first-order valence-electron chi connectivity index (χ1n) is 9.28. The van der Waals surface area contributed by atoms with Crippen LogP contribution in [0.15, 0.2) is 42.0 Å². The lowest BCUT2D eigenvalue weighted by Crippen LogP contribution is -2.29. The molecule has 0 unspecified atom stereocenters. The van der Waals surface area contributed by atoms with Crippen LogP contribution in [0.3, 0.4) is 0 Å². The van der Waals surface area contributed by atoms with Gasteiger partial charge in [-0.2, -0.15) is 5.26 Å². The second-order valence-electron chi connectivity index (χ2n) is 6.87. The first-order chi connectivity index (χ1) is 14.6. The van der Waals surface area contributed by atoms with Crippen LogP contribution in [-0.2, 0) is 22.4 Å². The molecule has 0 saturated heterocycles. The predicted molar refractivity (Wildman–Crippen MR) is 119 cm³/mol. The molecule has 2 rings (SSSR count). The highest BCUT2D eigenvalue weighted by molar-refractivity contribution is 6.37. The molecule has 7 nitrogen and oxygen atoms in total. The molecule has 0 aliphatic rings. The number of likely N-dealkylation sites (N-methyl/N-ethyl adjacent to an activating group) is 1. The molecule has 9 heteroatoms. The van der Waals surface area contributed by atoms with Gasteiger partial charge in [0.1, 0.15) is 11.8 Å². The molecule has 162 valence electrons. The molecule has 0 atom stereocenters. The second kappa shape index (κ2) is 10.7. The number of phenols is 1. The van der Waals surface area contributed by atoms with Gasteiger partial charge in [-0.25, -0.2) is 0 Å². The highest BCUT2D eigenvalue weighted by Gasteiger charge is 2.21. The highest BCUT2D eigenvalue weighted by Crippen LogP contribution is 2.35. The fourth-order valence-corrected chi connectivity index (χ4v) is 3.50. The van der Waals surface area contributed by atoms with Crippen molar-refractivity contribution >= 4 is 40.8 Å². The van der Waals surface area contributed by atoms with Crippen LogP contribution in [0.25, 0.3) is 5.76 Å². The molecule has 0 bridgehead atoms. The monoisotopic (exact) mass is 461 g/mol. The standard InChI is InChI=1S/C22H21Cl2N3O4/c1-27(8-4-7-13-5-2-3-6-14(13)11-19(26)28)22(31)16(12-25)20(29)15-9-17(23)21(30)18(24)10-15/h2-3,5-6,9-10,29-30H,4,7-8,11H2,1H3,(H2,26,28)/b20-16-. The Morgan fingerprint density at radius 2 is 1.74 bits per heavy atom. The maximum atomic E-state index is 12.7. The van der Waals surface area contributed by atoms with Crippen molar-refractivity contribution in [1.82, 2.24) is 4.90 Å². The van der Waals surface area contributed by atoms with Gasteiger partial charge in [-0.05, 0) is 36.1 Å². The lowest BCUT2D eigenvalue weighted by molar-refractivity contribution is -0.125. The van der Waals surface area contributed by atoms with E-state index in [0.717, 1.165) is 11.1 Å². The molecule has 4 N–H and O–H groups in total. The van der Waals surface area contributed by atoms with Crippen molar-refractivity contribution in [3.8, 4) is 11.8 Å². The molecule has 0 heterocycles. The molecule has 2 amide bonds. The van der Waals surface area contributed by atoms with Crippen molar-refractivity contribution in [2.75, 3.05) is 13.6 Å². The molecule has 0 aliphatic carbocycles. The van der Waals surface area contributed by atoms with E-state index in [9.17, 15) is 25.1 Å². The van der Waals surface area contributed by atoms with Crippen LogP contribution in [0.2, 0.25) is 10.0 Å². The number of nitrogens with zero attached hydrogens (tertiary/aromatic N) is 2. The summed E-state index contributed by atoms with van der Waals surface area (Å²) in [6.45, 7) is 0.305. The van der Waals surface area contributed by atoms with Gasteiger partial charge in [-0.1, -0.05) is 47.5 Å². The van der Waals surface area contributed by atoms with Crippen LogP contribution in [-0.4, -0.2) is 40.5 Å². The lowest BCUT2D eigenvalue weighted by atomic mass is 10.00. The minimum atomic E-state index is -0.675. The SMILES string of the molecule is CN(CCCc1ccccc1CC(N)=O)C(=O)/C(C#N)=C(\O)c1cc(Cl)c(O)c(Cl)c1. The molecule has 0 aliphatic heterocycles. The summed E-state index contributed by atoms with van der Waals surface area (Å²) in [5.74, 6) is -2.05. The van der Waals surface area contributed by atoms with Crippen molar-refractivity contribution in [3.05, 3.63) is 68.7 Å². The van der Waals surface area contributed by atoms with E-state index < -0.39 is 23.1 Å². The number of amides is 2. The summed E-state index contributed by atoms with van der Waals surface area (Å²) in [5.41, 5.74) is 6.62. The molecule has 2 aromatic rings. The number of nitriles is 1. The molecule has 2 aromatic carbocycles. The summed E-state index contributed by atoms with van der Waals surface area (Å²) in [7, 11) is 1.51. The fraction of sp³-hybridized carbons (Fsp3) is 0.227. The normalized spacial score (nSPS) is 11.4. The number of aliphatic hydroxyl groups excluding tert-OH is 1. The minimum absolute atomic E-state index is 0.0338. The largest absolute Gasteiger partial charge is 0.506 e. The van der Waals surface area contributed by atoms with Gasteiger partial charge in [0.15, 0.2) is 11.3 Å². The van der Waals surface area contributed by atoms with Crippen LogP contribution < -0.4 is 5.73 Å². The Balaban J connectivity index is 2.12. The molecule has 0 radical (unpaired) electrons. The Morgan fingerprint density at radius 3 is 2.29 bits per heavy atom. The third kappa shape index (κ3) is 6.14. The number of rotatable bonds is 8. The van der Waals surface area contributed by atoms with E-state index in [1.165, 1.54) is 24.1 Å². The van der Waals surface area contributed by atoms with Crippen LogP contribution in [0, 0.1) is 11.3 Å². The molecule has 31 heavy (non-hydrogen) atoms. The summed E-state index contributed by atoms with van der Waals surface area (Å²) >= 11 is 11.7. The van der Waals surface area contributed by atoms with Crippen molar-refractivity contribution in [3.63, 3.8) is 0 Å². The first kappa shape index (κ1) is 24.1. The van der Waals surface area contributed by atoms with Crippen molar-refractivity contribution < 1.29 is 19.8 Å². The number of hydrogen-bond acceptors (Lipinski definition) is 5. The maximum absolute atomic E-state index is 12.7. The smallest absolute Gasteiger partial charge is 0.268 e. The minimum Gasteiger partial charge on any atom is -0.506 e. The van der Waals surface area contributed by atoms with E-state index in [4.69, 9.17) is 28.9 Å². The van der Waals surface area contributed by atoms with Gasteiger partial charge >= 0.3 is 0 Å². The van der Waals surface area contributed by atoms with Crippen molar-refractivity contribution in [1.29, 1.82) is 5.26 Å². The summed E-state index contributed by atoms with van der Waals surface area (Å²) < 4.78 is 0. The van der Waals surface area contributed by atoms with Gasteiger partial charge in [0.2, 0.25) is 5.91 Å². The van der Waals surface area contributed by atoms with Crippen LogP contribution in [0.1, 0.15) is 23.1 Å². The zero-order valence-corrected chi connectivity index (χ0v) is 18.2. The summed E-state index contributed by atoms with van der Waals surface area (Å²) in [5, 5.41) is 29.2. The van der Waals surface area contributed by atoms with Gasteiger partial charge < -0.3 is 20.8 Å². The Bertz CT molecular complexity index is 1050. The number of aliphatic hydroxyl groups is 1. The van der Waals surface area contributed by atoms with Gasteiger partial charge in [0.25, 0.3) is 5.91 Å². The maximum Gasteiger partial charge on any atom is 0.268 e. The summed E-state index contributed by atoms with van der Waals surface area (Å²) in [6.07, 6.45) is 1.30. The number of carbonyl (C=O) groups is 2. The Morgan fingerprint density at radius 1 is 1.16 bits per heavy atom. The molecular formula is C22H21Cl2N3O4. The number of aryl methyl sites for hydroxylation is 1. The number of benzene rings is 2. The van der Waals surface area contributed by atoms with Crippen molar-refractivity contribution in [2.45, 2.75) is 19.3 Å². The number of carbonyl (C=O) groups excluding carboxylic acids is 2. The van der Waals surface area contributed by atoms with E-state index in [0.29, 0.717) is 19.4 Å². The Kier molecular flexibility index (Phi) is 8.31. The zero-order valence-electron chi connectivity index (χ0n) is 16.7. The zero-order chi connectivity index (χ0) is 23.1. The third-order valence-corrected chi connectivity index (χ3v) is 5.20. The molecule has 0 fully saturated rings. The molecule has 0 aromatic heterocycles. The van der Waals surface area contributed by atoms with E-state index in [1.807, 2.05) is 24.3 Å². The third-order valence-electron chi connectivity index (χ3n) is 4.62. The van der Waals surface area contributed by atoms with Gasteiger partial charge in [0, 0.05) is 19.2 Å². The summed E-state index contributed by atoms with van der Waals surface area (Å²) in [6, 6.07) is 11.5. The number of primary amides is 1. The van der Waals surface area contributed by atoms with Crippen LogP contribution in [0.5, 0.6) is 5.75 Å². The van der Waals surface area contributed by atoms with E-state index in [-0.39, 0.29) is 27.8 Å². The van der Waals surface area contributed by atoms with E-state index in [1.54, 1.807) is 6.07 Å². The van der Waals surface area contributed by atoms with Gasteiger partial charge in [0.05, 0.1) is 16.5 Å². The number of aromatic hydroxyl groups is 1. The van der Waals surface area contributed by atoms with Crippen LogP contribution in [0.4, 0.5) is 0 Å². The number of nitrogens with two attached hydrogens (primary N) is 1. The lowest BCUT2D eigenvalue weighted by Gasteiger charge is -2.18. The highest BCUT2D eigenvalue weighted by atomic mass is 35.5. The average Bonchev–Trinajstić information content (AvgIpc) is 2.72. The average molecular weight is 462 g/mol. The Hall–Kier alpha value is -3.21. The van der Waals surface area contributed by atoms with Gasteiger partial charge in [-0.3, -0.25) is 9.59 Å². The van der Waals surface area contributed by atoms with E-state index >= 15 is 0 Å².